The summed E-state index contributed by atoms with van der Waals surface area (Å²) in [5.74, 6) is 0.826. The summed E-state index contributed by atoms with van der Waals surface area (Å²) in [4.78, 5) is 9.10. The number of fused-ring (bicyclic) bond motifs is 1. The van der Waals surface area contributed by atoms with Gasteiger partial charge in [-0.2, -0.15) is 27.8 Å². The van der Waals surface area contributed by atoms with Crippen molar-refractivity contribution in [2.45, 2.75) is 18.7 Å². The minimum absolute atomic E-state index is 0.0889. The lowest BCUT2D eigenvalue weighted by Crippen LogP contribution is -2.27. The lowest BCUT2D eigenvalue weighted by molar-refractivity contribution is -0.141. The maximum atomic E-state index is 13.1. The van der Waals surface area contributed by atoms with E-state index in [2.05, 4.69) is 15.1 Å². The topological polar surface area (TPSA) is 55.6 Å². The minimum atomic E-state index is -4.56. The fourth-order valence-electron chi connectivity index (χ4n) is 2.93. The van der Waals surface area contributed by atoms with Gasteiger partial charge in [0.05, 0.1) is 6.54 Å². The monoisotopic (exact) mass is 383 g/mol. The Morgan fingerprint density at radius 2 is 2.08 bits per heavy atom. The summed E-state index contributed by atoms with van der Waals surface area (Å²) in [6.07, 6.45) is -2.89. The molecule has 0 aliphatic carbocycles. The highest BCUT2D eigenvalue weighted by atomic mass is 35.5. The molecule has 0 amide bonds. The Bertz CT molecular complexity index is 945. The molecule has 0 spiro atoms. The first-order valence-corrected chi connectivity index (χ1v) is 8.23. The summed E-state index contributed by atoms with van der Waals surface area (Å²) in [5.41, 5.74) is -0.993. The Morgan fingerprint density at radius 1 is 1.23 bits per heavy atom. The number of alkyl halides is 3. The molecule has 1 fully saturated rings. The Kier molecular flexibility index (Phi) is 4.10. The molecular weight excluding hydrogens is 371 g/mol. The van der Waals surface area contributed by atoms with Gasteiger partial charge in [-0.25, -0.2) is 4.98 Å². The molecule has 1 unspecified atom stereocenters. The smallest absolute Gasteiger partial charge is 0.433 e. The number of halogens is 4. The molecule has 1 atom stereocenters. The van der Waals surface area contributed by atoms with E-state index in [9.17, 15) is 13.2 Å². The third-order valence-electron chi connectivity index (χ3n) is 4.09. The molecule has 26 heavy (non-hydrogen) atoms. The van der Waals surface area contributed by atoms with Gasteiger partial charge in [-0.1, -0.05) is 17.7 Å². The molecule has 0 saturated carbocycles. The quantitative estimate of drug-likeness (QED) is 0.693. The summed E-state index contributed by atoms with van der Waals surface area (Å²) >= 11 is 5.95. The van der Waals surface area contributed by atoms with E-state index in [1.165, 1.54) is 10.8 Å². The summed E-state index contributed by atoms with van der Waals surface area (Å²) in [5, 5.41) is 4.54. The molecule has 3 heterocycles. The van der Waals surface area contributed by atoms with Crippen molar-refractivity contribution in [1.82, 2.24) is 19.6 Å². The molecule has 1 aliphatic heterocycles. The number of benzene rings is 1. The van der Waals surface area contributed by atoms with E-state index in [0.717, 1.165) is 6.07 Å². The van der Waals surface area contributed by atoms with Crippen molar-refractivity contribution in [3.05, 3.63) is 47.4 Å². The number of ether oxygens (including phenoxy) is 1. The maximum absolute atomic E-state index is 13.1. The van der Waals surface area contributed by atoms with Crippen LogP contribution >= 0.6 is 11.6 Å². The Labute approximate surface area is 151 Å². The van der Waals surface area contributed by atoms with Crippen molar-refractivity contribution in [3.8, 4) is 5.75 Å². The summed E-state index contributed by atoms with van der Waals surface area (Å²) in [6, 6.07) is 8.00. The molecule has 4 rings (SSSR count). The zero-order valence-corrected chi connectivity index (χ0v) is 14.1. The van der Waals surface area contributed by atoms with E-state index in [1.807, 2.05) is 0 Å². The standard InChI is InChI=1S/C16H13ClF3N5O/c17-10-2-1-3-11(6-10)26-12-4-5-24(8-12)14-7-13(16(18,19)20)23-15-21-9-22-25(14)15/h1-3,6-7,9,12H,4-5,8H2. The zero-order valence-electron chi connectivity index (χ0n) is 13.3. The van der Waals surface area contributed by atoms with Gasteiger partial charge in [0, 0.05) is 24.1 Å². The predicted octanol–water partition coefficient (Wildman–Crippen LogP) is 3.45. The molecule has 6 nitrogen and oxygen atoms in total. The van der Waals surface area contributed by atoms with Crippen molar-refractivity contribution >= 4 is 23.2 Å². The van der Waals surface area contributed by atoms with Gasteiger partial charge >= 0.3 is 6.18 Å². The minimum Gasteiger partial charge on any atom is -0.488 e. The first-order valence-electron chi connectivity index (χ1n) is 7.85. The molecule has 1 aromatic carbocycles. The fourth-order valence-corrected chi connectivity index (χ4v) is 3.11. The molecule has 0 bridgehead atoms. The lowest BCUT2D eigenvalue weighted by Gasteiger charge is -2.20. The fraction of sp³-hybridized carbons (Fsp3) is 0.312. The Balaban J connectivity index is 1.59. The second-order valence-electron chi connectivity index (χ2n) is 5.90. The van der Waals surface area contributed by atoms with E-state index in [0.29, 0.717) is 30.3 Å². The average molecular weight is 384 g/mol. The van der Waals surface area contributed by atoms with Gasteiger partial charge in [-0.05, 0) is 18.2 Å². The third kappa shape index (κ3) is 3.26. The Hall–Kier alpha value is -2.55. The van der Waals surface area contributed by atoms with Crippen LogP contribution in [0.3, 0.4) is 0 Å². The number of hydrogen-bond acceptors (Lipinski definition) is 5. The van der Waals surface area contributed by atoms with E-state index in [1.54, 1.807) is 29.2 Å². The second-order valence-corrected chi connectivity index (χ2v) is 6.34. The van der Waals surface area contributed by atoms with Crippen LogP contribution in [0.5, 0.6) is 5.75 Å². The van der Waals surface area contributed by atoms with Gasteiger partial charge in [0.1, 0.15) is 24.0 Å². The lowest BCUT2D eigenvalue weighted by atomic mass is 10.3. The van der Waals surface area contributed by atoms with Crippen LogP contribution in [0.15, 0.2) is 36.7 Å². The summed E-state index contributed by atoms with van der Waals surface area (Å²) in [7, 11) is 0. The highest BCUT2D eigenvalue weighted by molar-refractivity contribution is 6.30. The SMILES string of the molecule is FC(F)(F)c1cc(N2CCC(Oc3cccc(Cl)c3)C2)n2ncnc2n1. The molecule has 1 aliphatic rings. The van der Waals surface area contributed by atoms with Crippen LogP contribution in [0, 0.1) is 0 Å². The highest BCUT2D eigenvalue weighted by Gasteiger charge is 2.35. The van der Waals surface area contributed by atoms with Gasteiger partial charge in [-0.15, -0.1) is 0 Å². The molecule has 3 aromatic rings. The van der Waals surface area contributed by atoms with Gasteiger partial charge in [0.2, 0.25) is 0 Å². The van der Waals surface area contributed by atoms with Crippen LogP contribution in [0.4, 0.5) is 19.0 Å². The van der Waals surface area contributed by atoms with Gasteiger partial charge in [-0.3, -0.25) is 0 Å². The number of nitrogens with zero attached hydrogens (tertiary/aromatic N) is 5. The molecule has 2 aromatic heterocycles. The van der Waals surface area contributed by atoms with Crippen LogP contribution in [0.25, 0.3) is 5.78 Å². The molecule has 0 N–H and O–H groups in total. The van der Waals surface area contributed by atoms with Gasteiger partial charge in [0.15, 0.2) is 5.69 Å². The van der Waals surface area contributed by atoms with Crippen molar-refractivity contribution in [2.75, 3.05) is 18.0 Å². The van der Waals surface area contributed by atoms with Crippen LogP contribution in [0.1, 0.15) is 12.1 Å². The molecule has 136 valence electrons. The van der Waals surface area contributed by atoms with E-state index >= 15 is 0 Å². The van der Waals surface area contributed by atoms with Crippen molar-refractivity contribution in [2.24, 2.45) is 0 Å². The average Bonchev–Trinajstić information content (AvgIpc) is 3.22. The Morgan fingerprint density at radius 3 is 2.85 bits per heavy atom. The van der Waals surface area contributed by atoms with Crippen LogP contribution in [-0.4, -0.2) is 38.8 Å². The van der Waals surface area contributed by atoms with Crippen molar-refractivity contribution in [1.29, 1.82) is 0 Å². The normalized spacial score (nSPS) is 17.8. The third-order valence-corrected chi connectivity index (χ3v) is 4.33. The maximum Gasteiger partial charge on any atom is 0.433 e. The number of hydrogen-bond donors (Lipinski definition) is 0. The second kappa shape index (κ2) is 6.31. The first kappa shape index (κ1) is 16.9. The molecule has 10 heteroatoms. The largest absolute Gasteiger partial charge is 0.488 e. The predicted molar refractivity (Wildman–Crippen MR) is 88.5 cm³/mol. The molecule has 0 radical (unpaired) electrons. The highest BCUT2D eigenvalue weighted by Crippen LogP contribution is 2.32. The van der Waals surface area contributed by atoms with Crippen LogP contribution < -0.4 is 9.64 Å². The summed E-state index contributed by atoms with van der Waals surface area (Å²) in [6.45, 7) is 0.949. The van der Waals surface area contributed by atoms with Gasteiger partial charge in [0.25, 0.3) is 5.78 Å². The summed E-state index contributed by atoms with van der Waals surface area (Å²) < 4.78 is 46.5. The van der Waals surface area contributed by atoms with Crippen LogP contribution in [0.2, 0.25) is 5.02 Å². The van der Waals surface area contributed by atoms with Gasteiger partial charge < -0.3 is 9.64 Å². The van der Waals surface area contributed by atoms with E-state index < -0.39 is 11.9 Å². The van der Waals surface area contributed by atoms with Crippen LogP contribution in [-0.2, 0) is 6.18 Å². The van der Waals surface area contributed by atoms with E-state index in [-0.39, 0.29) is 17.7 Å². The molecule has 1 saturated heterocycles. The number of aromatic nitrogens is 4. The van der Waals surface area contributed by atoms with Crippen molar-refractivity contribution in [3.63, 3.8) is 0 Å². The number of rotatable bonds is 3. The zero-order chi connectivity index (χ0) is 18.3. The molecular formula is C16H13ClF3N5O. The van der Waals surface area contributed by atoms with Crippen molar-refractivity contribution < 1.29 is 17.9 Å². The van der Waals surface area contributed by atoms with E-state index in [4.69, 9.17) is 16.3 Å². The first-order chi connectivity index (χ1) is 12.4. The number of anilines is 1.